The van der Waals surface area contributed by atoms with E-state index in [2.05, 4.69) is 33.2 Å². The van der Waals surface area contributed by atoms with Crippen LogP contribution in [0.15, 0.2) is 24.3 Å². The van der Waals surface area contributed by atoms with Gasteiger partial charge in [-0.05, 0) is 36.1 Å². The number of rotatable bonds is 4. The van der Waals surface area contributed by atoms with Gasteiger partial charge in [-0.2, -0.15) is 4.98 Å². The Kier molecular flexibility index (Phi) is 4.64. The number of carbonyl (C=O) groups excluding carboxylic acids is 1. The third-order valence-electron chi connectivity index (χ3n) is 4.32. The van der Waals surface area contributed by atoms with Crippen molar-refractivity contribution in [1.29, 1.82) is 0 Å². The number of aromatic nitrogens is 2. The molecule has 0 radical (unpaired) electrons. The van der Waals surface area contributed by atoms with Gasteiger partial charge in [0.15, 0.2) is 0 Å². The van der Waals surface area contributed by atoms with Crippen molar-refractivity contribution in [2.24, 2.45) is 0 Å². The molecule has 0 unspecified atom stereocenters. The first-order valence-electron chi connectivity index (χ1n) is 8.15. The van der Waals surface area contributed by atoms with E-state index in [1.165, 1.54) is 18.2 Å². The maximum atomic E-state index is 11.7. The molecule has 24 heavy (non-hydrogen) atoms. The molecule has 126 valence electrons. The Morgan fingerprint density at radius 2 is 2.12 bits per heavy atom. The fraction of sp³-hybridized carbons (Fsp3) is 0.389. The van der Waals surface area contributed by atoms with Crippen molar-refractivity contribution in [3.8, 4) is 0 Å². The molecular formula is C18H22N4O2. The number of fused-ring (bicyclic) bond motifs is 1. The Morgan fingerprint density at radius 1 is 1.29 bits per heavy atom. The second-order valence-electron chi connectivity index (χ2n) is 5.79. The minimum Gasteiger partial charge on any atom is -0.465 e. The summed E-state index contributed by atoms with van der Waals surface area (Å²) >= 11 is 0. The van der Waals surface area contributed by atoms with Gasteiger partial charge in [0.2, 0.25) is 5.95 Å². The lowest BCUT2D eigenvalue weighted by Crippen LogP contribution is -2.31. The predicted molar refractivity (Wildman–Crippen MR) is 93.5 cm³/mol. The molecule has 1 N–H and O–H groups in total. The molecule has 1 aromatic heterocycles. The first kappa shape index (κ1) is 16.2. The van der Waals surface area contributed by atoms with Crippen molar-refractivity contribution in [2.45, 2.75) is 26.3 Å². The maximum Gasteiger partial charge on any atom is 0.337 e. The molecule has 0 amide bonds. The first-order chi connectivity index (χ1) is 11.6. The van der Waals surface area contributed by atoms with Crippen LogP contribution in [0.5, 0.6) is 0 Å². The lowest BCUT2D eigenvalue weighted by molar-refractivity contribution is 0.0600. The van der Waals surface area contributed by atoms with Gasteiger partial charge in [-0.25, -0.2) is 9.78 Å². The van der Waals surface area contributed by atoms with E-state index < -0.39 is 0 Å². The number of ether oxygens (including phenoxy) is 1. The molecule has 0 fully saturated rings. The zero-order valence-corrected chi connectivity index (χ0v) is 14.3. The molecule has 1 aromatic carbocycles. The van der Waals surface area contributed by atoms with Gasteiger partial charge in [0.1, 0.15) is 5.82 Å². The molecule has 0 saturated heterocycles. The SMILES string of the molecule is CCc1cc(N2CCc3cc(C(=O)OC)ccc3C2)nc(NC)n1. The number of esters is 1. The lowest BCUT2D eigenvalue weighted by atomic mass is 9.97. The molecule has 6 heteroatoms. The van der Waals surface area contributed by atoms with Crippen molar-refractivity contribution in [3.63, 3.8) is 0 Å². The van der Waals surface area contributed by atoms with Gasteiger partial charge < -0.3 is 15.0 Å². The number of aryl methyl sites for hydroxylation is 1. The van der Waals surface area contributed by atoms with E-state index >= 15 is 0 Å². The summed E-state index contributed by atoms with van der Waals surface area (Å²) in [7, 11) is 3.24. The average molecular weight is 326 g/mol. The largest absolute Gasteiger partial charge is 0.465 e. The maximum absolute atomic E-state index is 11.7. The molecule has 0 atom stereocenters. The van der Waals surface area contributed by atoms with Crippen molar-refractivity contribution in [2.75, 3.05) is 30.9 Å². The summed E-state index contributed by atoms with van der Waals surface area (Å²) in [6.07, 6.45) is 1.75. The van der Waals surface area contributed by atoms with E-state index in [1.807, 2.05) is 25.2 Å². The van der Waals surface area contributed by atoms with Crippen LogP contribution in [0.4, 0.5) is 11.8 Å². The molecule has 6 nitrogen and oxygen atoms in total. The highest BCUT2D eigenvalue weighted by Crippen LogP contribution is 2.25. The Hall–Kier alpha value is -2.63. The first-order valence-corrected chi connectivity index (χ1v) is 8.15. The second-order valence-corrected chi connectivity index (χ2v) is 5.79. The number of hydrogen-bond acceptors (Lipinski definition) is 6. The number of anilines is 2. The standard InChI is InChI=1S/C18H22N4O2/c1-4-15-10-16(21-18(19-2)20-15)22-8-7-12-9-13(17(23)24-3)5-6-14(12)11-22/h5-6,9-10H,4,7-8,11H2,1-3H3,(H,19,20,21). The smallest absolute Gasteiger partial charge is 0.337 e. The molecule has 0 bridgehead atoms. The van der Waals surface area contributed by atoms with Gasteiger partial charge in [-0.1, -0.05) is 13.0 Å². The van der Waals surface area contributed by atoms with Crippen LogP contribution in [0.2, 0.25) is 0 Å². The summed E-state index contributed by atoms with van der Waals surface area (Å²) in [6.45, 7) is 3.73. The van der Waals surface area contributed by atoms with Crippen molar-refractivity contribution >= 4 is 17.7 Å². The Labute approximate surface area is 141 Å². The summed E-state index contributed by atoms with van der Waals surface area (Å²) in [5.74, 6) is 1.30. The zero-order chi connectivity index (χ0) is 17.1. The van der Waals surface area contributed by atoms with Gasteiger partial charge in [0, 0.05) is 31.9 Å². The highest BCUT2D eigenvalue weighted by molar-refractivity contribution is 5.89. The van der Waals surface area contributed by atoms with Gasteiger partial charge in [-0.3, -0.25) is 0 Å². The molecule has 2 heterocycles. The number of methoxy groups -OCH3 is 1. The van der Waals surface area contributed by atoms with Crippen LogP contribution in [0, 0.1) is 0 Å². The van der Waals surface area contributed by atoms with Gasteiger partial charge in [-0.15, -0.1) is 0 Å². The van der Waals surface area contributed by atoms with Gasteiger partial charge in [0.25, 0.3) is 0 Å². The molecule has 1 aliphatic rings. The zero-order valence-electron chi connectivity index (χ0n) is 14.3. The summed E-state index contributed by atoms with van der Waals surface area (Å²) in [5, 5.41) is 3.03. The van der Waals surface area contributed by atoms with E-state index in [4.69, 9.17) is 4.74 Å². The number of nitrogens with one attached hydrogen (secondary N) is 1. The van der Waals surface area contributed by atoms with Crippen molar-refractivity contribution in [3.05, 3.63) is 46.6 Å². The lowest BCUT2D eigenvalue weighted by Gasteiger charge is -2.30. The average Bonchev–Trinajstić information content (AvgIpc) is 2.65. The molecule has 0 spiro atoms. The third-order valence-corrected chi connectivity index (χ3v) is 4.32. The number of nitrogens with zero attached hydrogens (tertiary/aromatic N) is 3. The Morgan fingerprint density at radius 3 is 2.83 bits per heavy atom. The topological polar surface area (TPSA) is 67.4 Å². The normalized spacial score (nSPS) is 13.4. The Balaban J connectivity index is 1.86. The monoisotopic (exact) mass is 326 g/mol. The quantitative estimate of drug-likeness (QED) is 0.871. The van der Waals surface area contributed by atoms with E-state index in [9.17, 15) is 4.79 Å². The van der Waals surface area contributed by atoms with Crippen molar-refractivity contribution in [1.82, 2.24) is 9.97 Å². The van der Waals surface area contributed by atoms with E-state index in [0.29, 0.717) is 11.5 Å². The molecule has 1 aliphatic heterocycles. The third kappa shape index (κ3) is 3.18. The van der Waals surface area contributed by atoms with Gasteiger partial charge >= 0.3 is 5.97 Å². The molecule has 3 rings (SSSR count). The van der Waals surface area contributed by atoms with Crippen LogP contribution in [0.1, 0.15) is 34.1 Å². The van der Waals surface area contributed by atoms with Crippen LogP contribution in [0.3, 0.4) is 0 Å². The summed E-state index contributed by atoms with van der Waals surface area (Å²) < 4.78 is 4.80. The molecule has 0 saturated carbocycles. The fourth-order valence-corrected chi connectivity index (χ4v) is 2.93. The van der Waals surface area contributed by atoms with Crippen LogP contribution < -0.4 is 10.2 Å². The van der Waals surface area contributed by atoms with Crippen LogP contribution in [-0.2, 0) is 24.1 Å². The summed E-state index contributed by atoms with van der Waals surface area (Å²) in [5.41, 5.74) is 4.05. The minimum atomic E-state index is -0.290. The minimum absolute atomic E-state index is 0.290. The molecule has 2 aromatic rings. The van der Waals surface area contributed by atoms with E-state index in [-0.39, 0.29) is 5.97 Å². The van der Waals surface area contributed by atoms with E-state index in [1.54, 1.807) is 0 Å². The summed E-state index contributed by atoms with van der Waals surface area (Å²) in [4.78, 5) is 23.0. The number of benzene rings is 1. The van der Waals surface area contributed by atoms with Crippen LogP contribution in [0.25, 0.3) is 0 Å². The Bertz CT molecular complexity index is 738. The second kappa shape index (κ2) is 6.86. The molecular weight excluding hydrogens is 304 g/mol. The van der Waals surface area contributed by atoms with E-state index in [0.717, 1.165) is 37.4 Å². The summed E-state index contributed by atoms with van der Waals surface area (Å²) in [6, 6.07) is 7.82. The molecule has 0 aliphatic carbocycles. The number of carbonyl (C=O) groups is 1. The number of hydrogen-bond donors (Lipinski definition) is 1. The highest BCUT2D eigenvalue weighted by atomic mass is 16.5. The van der Waals surface area contributed by atoms with Crippen molar-refractivity contribution < 1.29 is 9.53 Å². The predicted octanol–water partition coefficient (Wildman–Crippen LogP) is 2.43. The highest BCUT2D eigenvalue weighted by Gasteiger charge is 2.20. The van der Waals surface area contributed by atoms with Crippen LogP contribution in [-0.4, -0.2) is 36.6 Å². The van der Waals surface area contributed by atoms with Crippen LogP contribution >= 0.6 is 0 Å². The fourth-order valence-electron chi connectivity index (χ4n) is 2.93. The van der Waals surface area contributed by atoms with Gasteiger partial charge in [0.05, 0.1) is 12.7 Å².